The number of nitrogens with zero attached hydrogens (tertiary/aromatic N) is 1. The second-order valence-corrected chi connectivity index (χ2v) is 3.34. The predicted molar refractivity (Wildman–Crippen MR) is 57.7 cm³/mol. The second-order valence-electron chi connectivity index (χ2n) is 3.34. The molecule has 5 nitrogen and oxygen atoms in total. The SMILES string of the molecule is CCOC(=O)Cc1nc(OC)c(C(F)F)cc1O. The number of alkyl halides is 2. The lowest BCUT2D eigenvalue weighted by Gasteiger charge is -2.10. The van der Waals surface area contributed by atoms with E-state index in [0.717, 1.165) is 6.07 Å². The minimum absolute atomic E-state index is 0.0605. The Labute approximate surface area is 102 Å². The summed E-state index contributed by atoms with van der Waals surface area (Å²) in [5, 5.41) is 9.52. The molecule has 18 heavy (non-hydrogen) atoms. The largest absolute Gasteiger partial charge is 0.506 e. The minimum Gasteiger partial charge on any atom is -0.506 e. The number of aromatic hydroxyl groups is 1. The van der Waals surface area contributed by atoms with Crippen molar-refractivity contribution in [3.63, 3.8) is 0 Å². The summed E-state index contributed by atoms with van der Waals surface area (Å²) in [6.45, 7) is 1.82. The molecule has 1 aromatic rings. The lowest BCUT2D eigenvalue weighted by Crippen LogP contribution is -2.10. The van der Waals surface area contributed by atoms with Crippen molar-refractivity contribution in [1.82, 2.24) is 4.98 Å². The van der Waals surface area contributed by atoms with Crippen LogP contribution in [-0.4, -0.2) is 29.8 Å². The molecule has 0 unspecified atom stereocenters. The molecule has 0 radical (unpaired) electrons. The summed E-state index contributed by atoms with van der Waals surface area (Å²) in [6.07, 6.45) is -3.13. The molecule has 0 aliphatic heterocycles. The van der Waals surface area contributed by atoms with Gasteiger partial charge in [0.05, 0.1) is 31.4 Å². The Morgan fingerprint density at radius 2 is 2.22 bits per heavy atom. The van der Waals surface area contributed by atoms with Crippen molar-refractivity contribution in [3.8, 4) is 11.6 Å². The van der Waals surface area contributed by atoms with Crippen LogP contribution >= 0.6 is 0 Å². The fourth-order valence-electron chi connectivity index (χ4n) is 1.34. The van der Waals surface area contributed by atoms with Gasteiger partial charge in [-0.25, -0.2) is 13.8 Å². The topological polar surface area (TPSA) is 68.7 Å². The summed E-state index contributed by atoms with van der Waals surface area (Å²) >= 11 is 0. The van der Waals surface area contributed by atoms with E-state index in [2.05, 4.69) is 14.5 Å². The van der Waals surface area contributed by atoms with Crippen molar-refractivity contribution in [2.75, 3.05) is 13.7 Å². The monoisotopic (exact) mass is 261 g/mol. The van der Waals surface area contributed by atoms with Gasteiger partial charge in [-0.15, -0.1) is 0 Å². The molecular formula is C11H13F2NO4. The maximum atomic E-state index is 12.6. The highest BCUT2D eigenvalue weighted by molar-refractivity contribution is 5.73. The number of esters is 1. The van der Waals surface area contributed by atoms with Gasteiger partial charge in [0, 0.05) is 0 Å². The van der Waals surface area contributed by atoms with E-state index >= 15 is 0 Å². The summed E-state index contributed by atoms with van der Waals surface area (Å²) in [5.74, 6) is -1.41. The van der Waals surface area contributed by atoms with Gasteiger partial charge in [-0.05, 0) is 13.0 Å². The summed E-state index contributed by atoms with van der Waals surface area (Å²) in [5.41, 5.74) is -0.586. The van der Waals surface area contributed by atoms with E-state index < -0.39 is 23.7 Å². The third-order valence-corrected chi connectivity index (χ3v) is 2.12. The van der Waals surface area contributed by atoms with Crippen molar-refractivity contribution in [2.24, 2.45) is 0 Å². The minimum atomic E-state index is -2.82. The Kier molecular flexibility index (Phi) is 4.82. The molecule has 100 valence electrons. The first kappa shape index (κ1) is 14.1. The van der Waals surface area contributed by atoms with Gasteiger partial charge in [0.1, 0.15) is 5.75 Å². The van der Waals surface area contributed by atoms with Crippen LogP contribution in [0.2, 0.25) is 0 Å². The third-order valence-electron chi connectivity index (χ3n) is 2.12. The number of rotatable bonds is 5. The van der Waals surface area contributed by atoms with Crippen molar-refractivity contribution in [2.45, 2.75) is 19.8 Å². The summed E-state index contributed by atoms with van der Waals surface area (Å²) in [7, 11) is 1.18. The lowest BCUT2D eigenvalue weighted by molar-refractivity contribution is -0.142. The Bertz CT molecular complexity index is 437. The standard InChI is InChI=1S/C11H13F2NO4/c1-3-18-9(16)5-7-8(15)4-6(10(12)13)11(14-7)17-2/h4,10,15H,3,5H2,1-2H3. The molecular weight excluding hydrogens is 248 g/mol. The number of hydrogen-bond acceptors (Lipinski definition) is 5. The van der Waals surface area contributed by atoms with E-state index in [1.165, 1.54) is 7.11 Å². The number of ether oxygens (including phenoxy) is 2. The number of aromatic nitrogens is 1. The molecule has 0 spiro atoms. The van der Waals surface area contributed by atoms with Crippen LogP contribution < -0.4 is 4.74 Å². The smallest absolute Gasteiger partial charge is 0.312 e. The summed E-state index contributed by atoms with van der Waals surface area (Å²) in [6, 6.07) is 0.838. The second kappa shape index (κ2) is 6.13. The molecule has 0 amide bonds. The van der Waals surface area contributed by atoms with Gasteiger partial charge in [-0.2, -0.15) is 0 Å². The molecule has 1 N–H and O–H groups in total. The van der Waals surface area contributed by atoms with E-state index in [1.54, 1.807) is 6.92 Å². The highest BCUT2D eigenvalue weighted by Crippen LogP contribution is 2.32. The van der Waals surface area contributed by atoms with Crippen LogP contribution in [0, 0.1) is 0 Å². The van der Waals surface area contributed by atoms with Gasteiger partial charge in [0.15, 0.2) is 0 Å². The summed E-state index contributed by atoms with van der Waals surface area (Å²) < 4.78 is 34.5. The molecule has 0 bridgehead atoms. The molecule has 0 aliphatic carbocycles. The molecule has 7 heteroatoms. The van der Waals surface area contributed by atoms with Crippen LogP contribution in [0.3, 0.4) is 0 Å². The molecule has 1 rings (SSSR count). The molecule has 1 heterocycles. The van der Waals surface area contributed by atoms with E-state index in [4.69, 9.17) is 0 Å². The zero-order valence-electron chi connectivity index (χ0n) is 9.94. The van der Waals surface area contributed by atoms with E-state index in [9.17, 15) is 18.7 Å². The third kappa shape index (κ3) is 3.28. The van der Waals surface area contributed by atoms with Gasteiger partial charge >= 0.3 is 5.97 Å². The van der Waals surface area contributed by atoms with Crippen LogP contribution in [0.1, 0.15) is 24.6 Å². The highest BCUT2D eigenvalue weighted by atomic mass is 19.3. The van der Waals surface area contributed by atoms with Crippen LogP contribution in [0.4, 0.5) is 8.78 Å². The number of methoxy groups -OCH3 is 1. The van der Waals surface area contributed by atoms with E-state index in [-0.39, 0.29) is 24.6 Å². The van der Waals surface area contributed by atoms with Crippen LogP contribution in [-0.2, 0) is 16.0 Å². The van der Waals surface area contributed by atoms with E-state index in [0.29, 0.717) is 0 Å². The zero-order valence-corrected chi connectivity index (χ0v) is 9.94. The molecule has 0 aliphatic rings. The first-order valence-corrected chi connectivity index (χ1v) is 5.20. The van der Waals surface area contributed by atoms with Crippen LogP contribution in [0.15, 0.2) is 6.07 Å². The lowest BCUT2D eigenvalue weighted by atomic mass is 10.2. The van der Waals surface area contributed by atoms with E-state index in [1.807, 2.05) is 0 Å². The molecule has 0 aromatic carbocycles. The number of pyridine rings is 1. The zero-order chi connectivity index (χ0) is 13.7. The van der Waals surface area contributed by atoms with Gasteiger partial charge in [-0.3, -0.25) is 4.79 Å². The number of halogens is 2. The van der Waals surface area contributed by atoms with Crippen molar-refractivity contribution >= 4 is 5.97 Å². The Morgan fingerprint density at radius 3 is 2.72 bits per heavy atom. The first-order chi connectivity index (χ1) is 8.49. The predicted octanol–water partition coefficient (Wildman–Crippen LogP) is 1.84. The Morgan fingerprint density at radius 1 is 1.56 bits per heavy atom. The molecule has 1 aromatic heterocycles. The fraction of sp³-hybridized carbons (Fsp3) is 0.455. The molecule has 0 atom stereocenters. The Balaban J connectivity index is 3.04. The average Bonchev–Trinajstić information content (AvgIpc) is 2.31. The van der Waals surface area contributed by atoms with Crippen molar-refractivity contribution in [1.29, 1.82) is 0 Å². The van der Waals surface area contributed by atoms with Gasteiger partial charge < -0.3 is 14.6 Å². The maximum Gasteiger partial charge on any atom is 0.312 e. The van der Waals surface area contributed by atoms with Gasteiger partial charge in [0.25, 0.3) is 6.43 Å². The quantitative estimate of drug-likeness (QED) is 0.819. The molecule has 0 fully saturated rings. The average molecular weight is 261 g/mol. The van der Waals surface area contributed by atoms with Crippen molar-refractivity contribution < 1.29 is 28.2 Å². The first-order valence-electron chi connectivity index (χ1n) is 5.20. The normalized spacial score (nSPS) is 10.5. The van der Waals surface area contributed by atoms with Crippen LogP contribution in [0.5, 0.6) is 11.6 Å². The number of carbonyl (C=O) groups is 1. The Hall–Kier alpha value is -1.92. The fourth-order valence-corrected chi connectivity index (χ4v) is 1.34. The molecule has 0 saturated carbocycles. The van der Waals surface area contributed by atoms with Gasteiger partial charge in [0.2, 0.25) is 5.88 Å². The van der Waals surface area contributed by atoms with Crippen LogP contribution in [0.25, 0.3) is 0 Å². The summed E-state index contributed by atoms with van der Waals surface area (Å²) in [4.78, 5) is 14.9. The molecule has 0 saturated heterocycles. The van der Waals surface area contributed by atoms with Gasteiger partial charge in [-0.1, -0.05) is 0 Å². The number of hydrogen-bond donors (Lipinski definition) is 1. The maximum absolute atomic E-state index is 12.6. The van der Waals surface area contributed by atoms with Crippen molar-refractivity contribution in [3.05, 3.63) is 17.3 Å². The number of carbonyl (C=O) groups excluding carboxylic acids is 1. The highest BCUT2D eigenvalue weighted by Gasteiger charge is 2.20.